The largest absolute Gasteiger partial charge is 0.396 e. The highest BCUT2D eigenvalue weighted by atomic mass is 32.2. The molecule has 0 unspecified atom stereocenters. The Morgan fingerprint density at radius 1 is 1.06 bits per heavy atom. The van der Waals surface area contributed by atoms with Crippen LogP contribution in [0.25, 0.3) is 0 Å². The van der Waals surface area contributed by atoms with Crippen LogP contribution in [0.4, 0.5) is 0 Å². The van der Waals surface area contributed by atoms with Gasteiger partial charge in [0.05, 0.1) is 19.8 Å². The Morgan fingerprint density at radius 2 is 1.50 bits per heavy atom. The molecule has 0 heterocycles. The van der Waals surface area contributed by atoms with Crippen LogP contribution in [0.3, 0.4) is 0 Å². The SMILES string of the molecule is O=C(OS)C(S)(S)CCC(CO)(CO)CO. The molecule has 8 heteroatoms. The minimum Gasteiger partial charge on any atom is -0.396 e. The van der Waals surface area contributed by atoms with Gasteiger partial charge in [-0.1, -0.05) is 0 Å². The molecular weight excluding hydrogens is 272 g/mol. The fourth-order valence-corrected chi connectivity index (χ4v) is 1.62. The molecule has 0 aliphatic rings. The van der Waals surface area contributed by atoms with Crippen molar-refractivity contribution in [2.45, 2.75) is 16.9 Å². The Morgan fingerprint density at radius 3 is 1.81 bits per heavy atom. The van der Waals surface area contributed by atoms with Crippen molar-refractivity contribution in [2.24, 2.45) is 5.41 Å². The summed E-state index contributed by atoms with van der Waals surface area (Å²) in [7, 11) is 0. The van der Waals surface area contributed by atoms with E-state index in [2.05, 4.69) is 42.4 Å². The van der Waals surface area contributed by atoms with Crippen LogP contribution >= 0.6 is 38.2 Å². The molecule has 0 spiro atoms. The predicted molar refractivity (Wildman–Crippen MR) is 68.7 cm³/mol. The smallest absolute Gasteiger partial charge is 0.343 e. The summed E-state index contributed by atoms with van der Waals surface area (Å²) in [5.74, 6) is -0.745. The van der Waals surface area contributed by atoms with Gasteiger partial charge in [-0.2, -0.15) is 25.3 Å². The maximum absolute atomic E-state index is 11.2. The van der Waals surface area contributed by atoms with Crippen LogP contribution in [0.15, 0.2) is 0 Å². The first kappa shape index (κ1) is 16.4. The second kappa shape index (κ2) is 6.97. The van der Waals surface area contributed by atoms with Crippen LogP contribution in [0.2, 0.25) is 0 Å². The van der Waals surface area contributed by atoms with Crippen molar-refractivity contribution >= 4 is 44.1 Å². The van der Waals surface area contributed by atoms with E-state index in [1.165, 1.54) is 0 Å². The molecule has 0 aromatic heterocycles. The van der Waals surface area contributed by atoms with Gasteiger partial charge in [0.25, 0.3) is 0 Å². The maximum Gasteiger partial charge on any atom is 0.343 e. The zero-order chi connectivity index (χ0) is 12.8. The van der Waals surface area contributed by atoms with E-state index in [9.17, 15) is 4.79 Å². The molecule has 0 aromatic rings. The zero-order valence-corrected chi connectivity index (χ0v) is 11.2. The maximum atomic E-state index is 11.2. The molecule has 0 atom stereocenters. The van der Waals surface area contributed by atoms with Crippen molar-refractivity contribution in [2.75, 3.05) is 19.8 Å². The number of carbonyl (C=O) groups is 1. The number of aliphatic hydroxyl groups is 3. The molecule has 0 fully saturated rings. The molecule has 0 aliphatic heterocycles. The van der Waals surface area contributed by atoms with E-state index < -0.39 is 35.3 Å². The molecule has 96 valence electrons. The summed E-state index contributed by atoms with van der Waals surface area (Å²) in [6.45, 7) is -1.19. The van der Waals surface area contributed by atoms with Crippen LogP contribution < -0.4 is 0 Å². The molecule has 0 bridgehead atoms. The Kier molecular flexibility index (Phi) is 7.15. The fraction of sp³-hybridized carbons (Fsp3) is 0.875. The van der Waals surface area contributed by atoms with Gasteiger partial charge in [-0.3, -0.25) is 0 Å². The summed E-state index contributed by atoms with van der Waals surface area (Å²) in [5, 5.41) is 27.2. The standard InChI is InChI=1S/C8H16O5S3/c9-3-7(4-10,5-11)1-2-8(14,15)6(12)13-16/h9-11,14-16H,1-5H2. The lowest BCUT2D eigenvalue weighted by atomic mass is 9.85. The van der Waals surface area contributed by atoms with Gasteiger partial charge < -0.3 is 19.5 Å². The molecule has 3 N–H and O–H groups in total. The number of hydrogen-bond donors (Lipinski definition) is 6. The van der Waals surface area contributed by atoms with Crippen molar-refractivity contribution in [3.63, 3.8) is 0 Å². The summed E-state index contributed by atoms with van der Waals surface area (Å²) in [6, 6.07) is 0. The Balaban J connectivity index is 4.46. The molecule has 0 aliphatic carbocycles. The van der Waals surface area contributed by atoms with Gasteiger partial charge in [-0.25, -0.2) is 4.79 Å². The summed E-state index contributed by atoms with van der Waals surface area (Å²) < 4.78 is 2.83. The van der Waals surface area contributed by atoms with E-state index in [-0.39, 0.29) is 12.8 Å². The van der Waals surface area contributed by atoms with E-state index in [0.29, 0.717) is 0 Å². The molecule has 0 radical (unpaired) electrons. The molecule has 0 saturated carbocycles. The lowest BCUT2D eigenvalue weighted by Crippen LogP contribution is -2.37. The number of rotatable bonds is 7. The van der Waals surface area contributed by atoms with Crippen LogP contribution in [0.5, 0.6) is 0 Å². The van der Waals surface area contributed by atoms with Crippen LogP contribution in [-0.4, -0.2) is 45.2 Å². The Bertz CT molecular complexity index is 221. The first-order chi connectivity index (χ1) is 7.37. The van der Waals surface area contributed by atoms with Crippen LogP contribution in [-0.2, 0) is 8.98 Å². The normalized spacial score (nSPS) is 12.6. The predicted octanol–water partition coefficient (Wildman–Crippen LogP) is -0.326. The van der Waals surface area contributed by atoms with Gasteiger partial charge in [0.2, 0.25) is 0 Å². The quantitative estimate of drug-likeness (QED) is 0.220. The topological polar surface area (TPSA) is 87.0 Å². The third kappa shape index (κ3) is 4.34. The zero-order valence-electron chi connectivity index (χ0n) is 8.54. The second-order valence-electron chi connectivity index (χ2n) is 3.67. The average molecular weight is 288 g/mol. The molecule has 0 rings (SSSR count). The Hall–Kier alpha value is 0.400. The van der Waals surface area contributed by atoms with Gasteiger partial charge >= 0.3 is 5.97 Å². The van der Waals surface area contributed by atoms with E-state index in [0.717, 1.165) is 0 Å². The minimum absolute atomic E-state index is 0.111. The highest BCUT2D eigenvalue weighted by Crippen LogP contribution is 2.33. The van der Waals surface area contributed by atoms with E-state index >= 15 is 0 Å². The van der Waals surface area contributed by atoms with Crippen molar-refractivity contribution in [3.8, 4) is 0 Å². The average Bonchev–Trinajstić information content (AvgIpc) is 2.30. The lowest BCUT2D eigenvalue weighted by molar-refractivity contribution is -0.133. The summed E-state index contributed by atoms with van der Waals surface area (Å²) in [4.78, 5) is 11.2. The van der Waals surface area contributed by atoms with Crippen molar-refractivity contribution in [1.82, 2.24) is 0 Å². The second-order valence-corrected chi connectivity index (χ2v) is 5.73. The van der Waals surface area contributed by atoms with Gasteiger partial charge in [0.1, 0.15) is 0 Å². The number of aliphatic hydroxyl groups excluding tert-OH is 3. The van der Waals surface area contributed by atoms with Crippen LogP contribution in [0.1, 0.15) is 12.8 Å². The monoisotopic (exact) mass is 288 g/mol. The number of hydrogen-bond acceptors (Lipinski definition) is 8. The molecule has 16 heavy (non-hydrogen) atoms. The molecule has 0 saturated heterocycles. The molecule has 0 aromatic carbocycles. The van der Waals surface area contributed by atoms with E-state index in [1.54, 1.807) is 0 Å². The van der Waals surface area contributed by atoms with Crippen LogP contribution in [0, 0.1) is 5.41 Å². The van der Waals surface area contributed by atoms with Crippen molar-refractivity contribution in [3.05, 3.63) is 0 Å². The van der Waals surface area contributed by atoms with E-state index in [1.807, 2.05) is 0 Å². The molecule has 0 amide bonds. The number of carbonyl (C=O) groups excluding carboxylic acids is 1. The third-order valence-electron chi connectivity index (χ3n) is 2.42. The van der Waals surface area contributed by atoms with Gasteiger partial charge in [-0.05, 0) is 12.8 Å². The summed E-state index contributed by atoms with van der Waals surface area (Å²) in [5.41, 5.74) is -1.05. The minimum atomic E-state index is -1.37. The third-order valence-corrected chi connectivity index (χ3v) is 3.40. The highest BCUT2D eigenvalue weighted by molar-refractivity contribution is 8.02. The summed E-state index contributed by atoms with van der Waals surface area (Å²) >= 11 is 11.3. The first-order valence-corrected chi connectivity index (χ1v) is 5.76. The fourth-order valence-electron chi connectivity index (χ4n) is 1.00. The van der Waals surface area contributed by atoms with Crippen molar-refractivity contribution in [1.29, 1.82) is 0 Å². The van der Waals surface area contributed by atoms with E-state index in [4.69, 9.17) is 15.3 Å². The summed E-state index contributed by atoms with van der Waals surface area (Å²) in [6.07, 6.45) is 0.284. The molecular formula is C8H16O5S3. The first-order valence-electron chi connectivity index (χ1n) is 4.50. The van der Waals surface area contributed by atoms with Crippen molar-refractivity contribution < 1.29 is 24.3 Å². The Labute approximate surface area is 111 Å². The van der Waals surface area contributed by atoms with Gasteiger partial charge in [0.15, 0.2) is 4.08 Å². The highest BCUT2D eigenvalue weighted by Gasteiger charge is 2.36. The van der Waals surface area contributed by atoms with Gasteiger partial charge in [0, 0.05) is 18.3 Å². The number of thiol groups is 3. The van der Waals surface area contributed by atoms with Gasteiger partial charge in [-0.15, -0.1) is 0 Å². The lowest BCUT2D eigenvalue weighted by Gasteiger charge is -2.30. The molecule has 5 nitrogen and oxygen atoms in total.